The molecule has 0 aromatic carbocycles. The minimum Gasteiger partial charge on any atom is -0.380 e. The number of hydrogen-bond acceptors (Lipinski definition) is 8. The third kappa shape index (κ3) is 5.17. The number of anilines is 1. The van der Waals surface area contributed by atoms with Gasteiger partial charge in [-0.15, -0.1) is 5.48 Å². The molecule has 1 aliphatic carbocycles. The summed E-state index contributed by atoms with van der Waals surface area (Å²) in [5, 5.41) is 3.29. The molecule has 208 valence electrons. The van der Waals surface area contributed by atoms with Crippen LogP contribution >= 0.6 is 11.6 Å². The highest BCUT2D eigenvalue weighted by Crippen LogP contribution is 2.38. The van der Waals surface area contributed by atoms with Crippen LogP contribution in [0, 0.1) is 11.8 Å². The van der Waals surface area contributed by atoms with E-state index in [2.05, 4.69) is 39.1 Å². The lowest BCUT2D eigenvalue weighted by Gasteiger charge is -2.32. The molecule has 2 N–H and O–H groups in total. The highest BCUT2D eigenvalue weighted by molar-refractivity contribution is 6.30. The molecule has 1 amide bonds. The van der Waals surface area contributed by atoms with Crippen molar-refractivity contribution in [2.24, 2.45) is 11.8 Å². The van der Waals surface area contributed by atoms with Crippen LogP contribution in [0.2, 0.25) is 5.02 Å². The number of hydroxylamine groups is 1. The number of nitrogens with one attached hydrogen (secondary N) is 2. The van der Waals surface area contributed by atoms with E-state index in [0.29, 0.717) is 16.6 Å². The zero-order valence-corrected chi connectivity index (χ0v) is 23.4. The third-order valence-corrected chi connectivity index (χ3v) is 8.78. The molecule has 0 radical (unpaired) electrons. The second-order valence-corrected chi connectivity index (χ2v) is 11.7. The Morgan fingerprint density at radius 2 is 2.00 bits per heavy atom. The molecule has 11 heteroatoms. The van der Waals surface area contributed by atoms with Gasteiger partial charge in [-0.05, 0) is 56.6 Å². The first-order valence-corrected chi connectivity index (χ1v) is 14.3. The number of rotatable bonds is 7. The molecule has 2 aliphatic heterocycles. The fourth-order valence-electron chi connectivity index (χ4n) is 6.33. The van der Waals surface area contributed by atoms with Gasteiger partial charge in [-0.25, -0.2) is 14.8 Å². The minimum atomic E-state index is -0.589. The van der Waals surface area contributed by atoms with Gasteiger partial charge >= 0.3 is 6.09 Å². The van der Waals surface area contributed by atoms with E-state index >= 15 is 0 Å². The molecule has 1 saturated carbocycles. The van der Waals surface area contributed by atoms with Crippen LogP contribution in [0.5, 0.6) is 0 Å². The number of pyridine rings is 2. The molecule has 10 nitrogen and oxygen atoms in total. The number of imidazole rings is 1. The Bertz CT molecular complexity index is 1360. The molecule has 3 unspecified atom stereocenters. The van der Waals surface area contributed by atoms with Gasteiger partial charge < -0.3 is 19.0 Å². The molecule has 5 heterocycles. The van der Waals surface area contributed by atoms with Crippen LogP contribution in [0.15, 0.2) is 24.5 Å². The molecule has 3 fully saturated rings. The number of ether oxygens (including phenoxy) is 1. The van der Waals surface area contributed by atoms with E-state index in [9.17, 15) is 4.79 Å². The second kappa shape index (κ2) is 10.9. The predicted molar refractivity (Wildman–Crippen MR) is 149 cm³/mol. The Morgan fingerprint density at radius 1 is 1.18 bits per heavy atom. The van der Waals surface area contributed by atoms with Gasteiger partial charge in [0.25, 0.3) is 0 Å². The van der Waals surface area contributed by atoms with Crippen molar-refractivity contribution in [3.63, 3.8) is 0 Å². The van der Waals surface area contributed by atoms with Crippen molar-refractivity contribution in [1.29, 1.82) is 0 Å². The lowest BCUT2D eigenvalue weighted by molar-refractivity contribution is 0.0960. The van der Waals surface area contributed by atoms with Gasteiger partial charge in [-0.1, -0.05) is 31.4 Å². The largest absolute Gasteiger partial charge is 0.427 e. The minimum absolute atomic E-state index is 0.0802. The third-order valence-electron chi connectivity index (χ3n) is 8.58. The van der Waals surface area contributed by atoms with Gasteiger partial charge in [-0.3, -0.25) is 10.3 Å². The Morgan fingerprint density at radius 3 is 2.72 bits per heavy atom. The summed E-state index contributed by atoms with van der Waals surface area (Å²) in [7, 11) is 1.78. The van der Waals surface area contributed by atoms with Gasteiger partial charge in [0.2, 0.25) is 5.95 Å². The van der Waals surface area contributed by atoms with Gasteiger partial charge in [0.15, 0.2) is 6.17 Å². The molecule has 3 aromatic heterocycles. The predicted octanol–water partition coefficient (Wildman–Crippen LogP) is 5.22. The van der Waals surface area contributed by atoms with E-state index in [1.54, 1.807) is 19.5 Å². The highest BCUT2D eigenvalue weighted by Gasteiger charge is 2.35. The molecule has 0 spiro atoms. The van der Waals surface area contributed by atoms with Gasteiger partial charge in [0.05, 0.1) is 39.6 Å². The first-order chi connectivity index (χ1) is 18.9. The molecule has 3 atom stereocenters. The number of aromatic nitrogens is 4. The van der Waals surface area contributed by atoms with Gasteiger partial charge in [0.1, 0.15) is 0 Å². The van der Waals surface area contributed by atoms with Crippen molar-refractivity contribution in [3.05, 3.63) is 35.2 Å². The summed E-state index contributed by atoms with van der Waals surface area (Å²) < 4.78 is 8.16. The zero-order valence-electron chi connectivity index (χ0n) is 22.7. The van der Waals surface area contributed by atoms with E-state index in [1.165, 1.54) is 25.7 Å². The molecular formula is C28H36ClN7O3. The summed E-state index contributed by atoms with van der Waals surface area (Å²) in [5.41, 5.74) is 6.64. The number of methoxy groups -OCH3 is 1. The Labute approximate surface area is 233 Å². The maximum atomic E-state index is 11.8. The maximum Gasteiger partial charge on any atom is 0.427 e. The number of halogens is 1. The number of carbonyl (C=O) groups excluding carboxylic acids is 1. The summed E-state index contributed by atoms with van der Waals surface area (Å²) in [5.74, 6) is 2.29. The number of amides is 1. The average molecular weight is 554 g/mol. The van der Waals surface area contributed by atoms with E-state index in [0.717, 1.165) is 60.1 Å². The van der Waals surface area contributed by atoms with Gasteiger partial charge in [-0.2, -0.15) is 0 Å². The Kier molecular flexibility index (Phi) is 7.35. The molecular weight excluding hydrogens is 518 g/mol. The van der Waals surface area contributed by atoms with Crippen LogP contribution in [0.4, 0.5) is 10.7 Å². The van der Waals surface area contributed by atoms with Crippen molar-refractivity contribution in [2.75, 3.05) is 18.6 Å². The summed E-state index contributed by atoms with van der Waals surface area (Å²) in [6.45, 7) is 6.28. The number of nitrogens with zero attached hydrogens (tertiary/aromatic N) is 5. The lowest BCUT2D eigenvalue weighted by atomic mass is 9.83. The normalized spacial score (nSPS) is 26.2. The van der Waals surface area contributed by atoms with Crippen molar-refractivity contribution in [3.8, 4) is 11.3 Å². The molecule has 39 heavy (non-hydrogen) atoms. The second-order valence-electron chi connectivity index (χ2n) is 11.2. The van der Waals surface area contributed by atoms with E-state index in [1.807, 2.05) is 12.1 Å². The first kappa shape index (κ1) is 26.3. The monoisotopic (exact) mass is 553 g/mol. The van der Waals surface area contributed by atoms with Crippen LogP contribution in [0.25, 0.3) is 22.3 Å². The Hall–Kier alpha value is -2.95. The SMILES string of the molecule is COC(C)C1CCCN1c1nc2cc(C3NOC(=O)N3)nc(-c3cncc(Cl)c3)c2n1CC1CCC(C)CC1. The summed E-state index contributed by atoms with van der Waals surface area (Å²) in [4.78, 5) is 33.8. The number of fused-ring (bicyclic) bond motifs is 1. The van der Waals surface area contributed by atoms with Crippen molar-refractivity contribution >= 4 is 34.7 Å². The van der Waals surface area contributed by atoms with Crippen LogP contribution in [0.3, 0.4) is 0 Å². The quantitative estimate of drug-likeness (QED) is 0.410. The van der Waals surface area contributed by atoms with Crippen LogP contribution in [-0.4, -0.2) is 51.4 Å². The first-order valence-electron chi connectivity index (χ1n) is 14.0. The lowest BCUT2D eigenvalue weighted by Crippen LogP contribution is -2.40. The zero-order chi connectivity index (χ0) is 27.1. The summed E-state index contributed by atoms with van der Waals surface area (Å²) in [6.07, 6.45) is 9.39. The topological polar surface area (TPSA) is 106 Å². The molecule has 6 rings (SSSR count). The van der Waals surface area contributed by atoms with Gasteiger partial charge in [0, 0.05) is 38.2 Å². The fourth-order valence-corrected chi connectivity index (χ4v) is 6.50. The molecule has 3 aliphatic rings. The number of carbonyl (C=O) groups is 1. The maximum absolute atomic E-state index is 11.8. The van der Waals surface area contributed by atoms with Crippen molar-refractivity contribution < 1.29 is 14.4 Å². The molecule has 0 bridgehead atoms. The standard InChI is InChI=1S/C28H36ClN7O3/c1-16-6-8-18(9-7-16)15-36-25-21(32-27(36)35-10-4-5-23(35)17(2)38-3)12-22(26-33-28(37)39-34-26)31-24(25)19-11-20(29)14-30-13-19/h11-14,16-18,23,26,34H,4-10,15H2,1-3H3,(H,33,37). The van der Waals surface area contributed by atoms with E-state index < -0.39 is 12.3 Å². The Balaban J connectivity index is 1.54. The average Bonchev–Trinajstić information content (AvgIpc) is 3.67. The van der Waals surface area contributed by atoms with Crippen LogP contribution in [-0.2, 0) is 16.1 Å². The molecule has 3 aromatic rings. The van der Waals surface area contributed by atoms with Crippen LogP contribution in [0.1, 0.15) is 64.2 Å². The summed E-state index contributed by atoms with van der Waals surface area (Å²) >= 11 is 6.40. The highest BCUT2D eigenvalue weighted by atomic mass is 35.5. The van der Waals surface area contributed by atoms with E-state index in [-0.39, 0.29) is 12.1 Å². The van der Waals surface area contributed by atoms with Crippen molar-refractivity contribution in [1.82, 2.24) is 30.3 Å². The smallest absolute Gasteiger partial charge is 0.380 e. The summed E-state index contributed by atoms with van der Waals surface area (Å²) in [6, 6.07) is 4.06. The fraction of sp³-hybridized carbons (Fsp3) is 0.571. The molecule has 2 saturated heterocycles. The van der Waals surface area contributed by atoms with Crippen molar-refractivity contribution in [2.45, 2.75) is 77.2 Å². The van der Waals surface area contributed by atoms with E-state index in [4.69, 9.17) is 31.1 Å². The number of hydrogen-bond donors (Lipinski definition) is 2. The van der Waals surface area contributed by atoms with Crippen LogP contribution < -0.4 is 15.7 Å².